The number of benzene rings is 3. The van der Waals surface area contributed by atoms with Crippen molar-refractivity contribution in [1.82, 2.24) is 0 Å². The third kappa shape index (κ3) is 5.06. The van der Waals surface area contributed by atoms with Gasteiger partial charge < -0.3 is 14.4 Å². The van der Waals surface area contributed by atoms with E-state index in [1.165, 1.54) is 18.2 Å². The molecule has 0 aliphatic carbocycles. The van der Waals surface area contributed by atoms with E-state index in [1.807, 2.05) is 62.4 Å². The summed E-state index contributed by atoms with van der Waals surface area (Å²) in [7, 11) is -4.13. The largest absolute Gasteiger partial charge is 0.466 e. The van der Waals surface area contributed by atoms with Crippen LogP contribution in [0.1, 0.15) is 31.4 Å². The van der Waals surface area contributed by atoms with E-state index in [1.54, 1.807) is 24.3 Å². The van der Waals surface area contributed by atoms with E-state index in [0.717, 1.165) is 16.8 Å². The standard InChI is InChI=1S/C29H29NO5S/c1-4-22-15-17-23(18-16-22)21-34-28(31)27(36(32,33)24-11-7-6-8-12-24)19-20-29(3)30(5-2)25-13-9-10-14-26(25)35-29/h4,6-19H,1,5,20-21H2,2-3H3/b27-19-. The lowest BCUT2D eigenvalue weighted by Crippen LogP contribution is -2.46. The molecule has 1 heterocycles. The SMILES string of the molecule is C=Cc1ccc(COC(=O)/C(=C/CC2(C)Oc3ccccc3N2CC)S(=O)(=O)c2ccccc2)cc1. The van der Waals surface area contributed by atoms with Gasteiger partial charge >= 0.3 is 5.97 Å². The molecule has 0 saturated heterocycles. The van der Waals surface area contributed by atoms with Crippen LogP contribution in [0.3, 0.4) is 0 Å². The van der Waals surface area contributed by atoms with E-state index < -0.39 is 26.4 Å². The summed E-state index contributed by atoms with van der Waals surface area (Å²) in [5, 5.41) is 0. The molecule has 36 heavy (non-hydrogen) atoms. The number of carbonyl (C=O) groups is 1. The summed E-state index contributed by atoms with van der Waals surface area (Å²) in [6.45, 7) is 8.19. The Hall–Kier alpha value is -3.84. The zero-order valence-electron chi connectivity index (χ0n) is 20.4. The minimum Gasteiger partial charge on any atom is -0.466 e. The van der Waals surface area contributed by atoms with Crippen LogP contribution in [0.5, 0.6) is 5.75 Å². The number of sulfone groups is 1. The molecule has 0 amide bonds. The Morgan fingerprint density at radius 1 is 1.03 bits per heavy atom. The van der Waals surface area contributed by atoms with Crippen molar-refractivity contribution < 1.29 is 22.7 Å². The monoisotopic (exact) mass is 503 g/mol. The molecule has 3 aromatic carbocycles. The number of anilines is 1. The van der Waals surface area contributed by atoms with Crippen molar-refractivity contribution in [2.75, 3.05) is 11.4 Å². The van der Waals surface area contributed by atoms with E-state index in [-0.39, 0.29) is 17.9 Å². The topological polar surface area (TPSA) is 72.9 Å². The van der Waals surface area contributed by atoms with Crippen molar-refractivity contribution in [2.24, 2.45) is 0 Å². The second-order valence-electron chi connectivity index (χ2n) is 8.60. The first-order chi connectivity index (χ1) is 17.3. The quantitative estimate of drug-likeness (QED) is 0.273. The molecule has 3 aromatic rings. The predicted octanol–water partition coefficient (Wildman–Crippen LogP) is 5.76. The van der Waals surface area contributed by atoms with Crippen molar-refractivity contribution in [3.8, 4) is 5.75 Å². The maximum Gasteiger partial charge on any atom is 0.350 e. The highest BCUT2D eigenvalue weighted by Gasteiger charge is 2.41. The summed E-state index contributed by atoms with van der Waals surface area (Å²) in [4.78, 5) is 14.9. The van der Waals surface area contributed by atoms with Gasteiger partial charge in [-0.15, -0.1) is 0 Å². The van der Waals surface area contributed by atoms with Crippen LogP contribution < -0.4 is 9.64 Å². The number of para-hydroxylation sites is 2. The maximum atomic E-state index is 13.5. The third-order valence-corrected chi connectivity index (χ3v) is 7.97. The smallest absolute Gasteiger partial charge is 0.350 e. The van der Waals surface area contributed by atoms with Crippen molar-refractivity contribution in [3.05, 3.63) is 108 Å². The Labute approximate surface area is 212 Å². The average Bonchev–Trinajstić information content (AvgIpc) is 3.19. The molecule has 1 aliphatic heterocycles. The van der Waals surface area contributed by atoms with Crippen molar-refractivity contribution >= 4 is 27.6 Å². The molecule has 0 radical (unpaired) electrons. The van der Waals surface area contributed by atoms with E-state index >= 15 is 0 Å². The van der Waals surface area contributed by atoms with Gasteiger partial charge in [-0.25, -0.2) is 13.2 Å². The maximum absolute atomic E-state index is 13.5. The minimum atomic E-state index is -4.13. The van der Waals surface area contributed by atoms with Crippen LogP contribution in [0.15, 0.2) is 101 Å². The van der Waals surface area contributed by atoms with Gasteiger partial charge in [0.25, 0.3) is 0 Å². The summed E-state index contributed by atoms with van der Waals surface area (Å²) < 4.78 is 38.7. The molecule has 1 unspecified atom stereocenters. The highest BCUT2D eigenvalue weighted by atomic mass is 32.2. The Balaban J connectivity index is 1.64. The molecule has 0 fully saturated rings. The molecule has 0 N–H and O–H groups in total. The van der Waals surface area contributed by atoms with E-state index in [0.29, 0.717) is 12.3 Å². The highest BCUT2D eigenvalue weighted by molar-refractivity contribution is 7.96. The number of hydrogen-bond acceptors (Lipinski definition) is 6. The molecular formula is C29H29NO5S. The van der Waals surface area contributed by atoms with Crippen LogP contribution in [0.4, 0.5) is 5.69 Å². The summed E-state index contributed by atoms with van der Waals surface area (Å²) in [6, 6.07) is 22.9. The van der Waals surface area contributed by atoms with E-state index in [4.69, 9.17) is 9.47 Å². The van der Waals surface area contributed by atoms with Gasteiger partial charge in [-0.3, -0.25) is 0 Å². The Morgan fingerprint density at radius 2 is 1.69 bits per heavy atom. The zero-order valence-corrected chi connectivity index (χ0v) is 21.2. The lowest BCUT2D eigenvalue weighted by Gasteiger charge is -2.34. The predicted molar refractivity (Wildman–Crippen MR) is 141 cm³/mol. The third-order valence-electron chi connectivity index (χ3n) is 6.17. The van der Waals surface area contributed by atoms with Crippen molar-refractivity contribution in [1.29, 1.82) is 0 Å². The molecule has 1 atom stereocenters. The van der Waals surface area contributed by atoms with Gasteiger partial charge in [0.05, 0.1) is 10.6 Å². The highest BCUT2D eigenvalue weighted by Crippen LogP contribution is 2.43. The van der Waals surface area contributed by atoms with Crippen LogP contribution in [0, 0.1) is 0 Å². The molecule has 0 aromatic heterocycles. The summed E-state index contributed by atoms with van der Waals surface area (Å²) in [5.41, 5.74) is 1.73. The molecule has 7 heteroatoms. The first-order valence-corrected chi connectivity index (χ1v) is 13.2. The Bertz CT molecular complexity index is 1380. The summed E-state index contributed by atoms with van der Waals surface area (Å²) >= 11 is 0. The summed E-state index contributed by atoms with van der Waals surface area (Å²) in [6.07, 6.45) is 3.28. The van der Waals surface area contributed by atoms with E-state index in [2.05, 4.69) is 11.5 Å². The van der Waals surface area contributed by atoms with Gasteiger partial charge in [-0.2, -0.15) is 0 Å². The summed E-state index contributed by atoms with van der Waals surface area (Å²) in [5.74, 6) is -0.193. The minimum absolute atomic E-state index is 0.0247. The van der Waals surface area contributed by atoms with Crippen LogP contribution in [-0.2, 0) is 26.0 Å². The number of carbonyl (C=O) groups excluding carboxylic acids is 1. The lowest BCUT2D eigenvalue weighted by molar-refractivity contribution is -0.139. The fourth-order valence-electron chi connectivity index (χ4n) is 4.25. The van der Waals surface area contributed by atoms with Crippen molar-refractivity contribution in [3.63, 3.8) is 0 Å². The second kappa shape index (κ2) is 10.4. The molecule has 6 nitrogen and oxygen atoms in total. The first kappa shape index (κ1) is 25.3. The second-order valence-corrected chi connectivity index (χ2v) is 10.5. The zero-order chi connectivity index (χ0) is 25.8. The number of hydrogen-bond donors (Lipinski definition) is 0. The molecule has 0 saturated carbocycles. The van der Waals surface area contributed by atoms with Gasteiger partial charge in [0.15, 0.2) is 10.6 Å². The average molecular weight is 504 g/mol. The van der Waals surface area contributed by atoms with Crippen LogP contribution >= 0.6 is 0 Å². The van der Waals surface area contributed by atoms with Gasteiger partial charge in [0.1, 0.15) is 12.4 Å². The number of nitrogens with zero attached hydrogens (tertiary/aromatic N) is 1. The van der Waals surface area contributed by atoms with Crippen LogP contribution in [-0.4, -0.2) is 26.7 Å². The Kier molecular flexibility index (Phi) is 7.31. The molecule has 1 aliphatic rings. The molecule has 4 rings (SSSR count). The van der Waals surface area contributed by atoms with Gasteiger partial charge in [0, 0.05) is 13.0 Å². The number of rotatable bonds is 9. The van der Waals surface area contributed by atoms with Crippen molar-refractivity contribution in [2.45, 2.75) is 37.5 Å². The normalized spacial score (nSPS) is 17.3. The fraction of sp³-hybridized carbons (Fsp3) is 0.207. The fourth-order valence-corrected chi connectivity index (χ4v) is 5.60. The lowest BCUT2D eigenvalue weighted by atomic mass is 10.1. The number of fused-ring (bicyclic) bond motifs is 1. The molecular weight excluding hydrogens is 474 g/mol. The molecule has 0 spiro atoms. The Morgan fingerprint density at radius 3 is 2.36 bits per heavy atom. The van der Waals surface area contributed by atoms with Crippen LogP contribution in [0.2, 0.25) is 0 Å². The number of esters is 1. The van der Waals surface area contributed by atoms with E-state index in [9.17, 15) is 13.2 Å². The first-order valence-electron chi connectivity index (χ1n) is 11.7. The van der Waals surface area contributed by atoms with Gasteiger partial charge in [-0.05, 0) is 49.2 Å². The van der Waals surface area contributed by atoms with Crippen LogP contribution in [0.25, 0.3) is 6.08 Å². The molecule has 0 bridgehead atoms. The number of ether oxygens (including phenoxy) is 2. The van der Waals surface area contributed by atoms with Gasteiger partial charge in [0.2, 0.25) is 9.84 Å². The molecule has 186 valence electrons. The van der Waals surface area contributed by atoms with Gasteiger partial charge in [-0.1, -0.05) is 73.3 Å².